The number of ether oxygens (including phenoxy) is 2. The van der Waals surface area contributed by atoms with Crippen LogP contribution >= 0.6 is 11.8 Å². The van der Waals surface area contributed by atoms with Crippen LogP contribution in [0.25, 0.3) is 0 Å². The van der Waals surface area contributed by atoms with E-state index in [4.69, 9.17) is 9.47 Å². The largest absolute Gasteiger partial charge is 0.459 e. The lowest BCUT2D eigenvalue weighted by molar-refractivity contribution is -0.143. The summed E-state index contributed by atoms with van der Waals surface area (Å²) in [5.41, 5.74) is 1.13. The SMILES string of the molecule is O=C1O[C@@H](COCc2ccccc2)CC1Sc1ccccc1. The van der Waals surface area contributed by atoms with Crippen molar-refractivity contribution in [2.24, 2.45) is 0 Å². The lowest BCUT2D eigenvalue weighted by Crippen LogP contribution is -2.14. The highest BCUT2D eigenvalue weighted by Gasteiger charge is 2.35. The van der Waals surface area contributed by atoms with Crippen molar-refractivity contribution >= 4 is 17.7 Å². The zero-order valence-electron chi connectivity index (χ0n) is 12.2. The molecular formula is C18H18O3S. The van der Waals surface area contributed by atoms with Gasteiger partial charge < -0.3 is 9.47 Å². The van der Waals surface area contributed by atoms with Gasteiger partial charge in [-0.3, -0.25) is 4.79 Å². The van der Waals surface area contributed by atoms with Gasteiger partial charge in [0.1, 0.15) is 11.4 Å². The van der Waals surface area contributed by atoms with Crippen LogP contribution in [0.3, 0.4) is 0 Å². The number of thioether (sulfide) groups is 1. The molecule has 1 aliphatic rings. The normalized spacial score (nSPS) is 20.8. The quantitative estimate of drug-likeness (QED) is 0.762. The average molecular weight is 314 g/mol. The van der Waals surface area contributed by atoms with E-state index < -0.39 is 0 Å². The predicted molar refractivity (Wildman–Crippen MR) is 86.7 cm³/mol. The standard InChI is InChI=1S/C18H18O3S/c19-18-17(22-16-9-5-2-6-10-16)11-15(21-18)13-20-12-14-7-3-1-4-8-14/h1-10,15,17H,11-13H2/t15-,17?/m1/s1. The van der Waals surface area contributed by atoms with Gasteiger partial charge in [0.25, 0.3) is 0 Å². The van der Waals surface area contributed by atoms with Crippen molar-refractivity contribution in [1.82, 2.24) is 0 Å². The molecule has 0 N–H and O–H groups in total. The molecule has 2 aromatic carbocycles. The molecule has 0 saturated carbocycles. The Bertz CT molecular complexity index is 600. The Labute approximate surface area is 134 Å². The van der Waals surface area contributed by atoms with Gasteiger partial charge in [0.2, 0.25) is 0 Å². The van der Waals surface area contributed by atoms with Crippen LogP contribution in [0.5, 0.6) is 0 Å². The molecule has 22 heavy (non-hydrogen) atoms. The van der Waals surface area contributed by atoms with Gasteiger partial charge in [-0.2, -0.15) is 0 Å². The Kier molecular flexibility index (Phi) is 5.14. The molecular weight excluding hydrogens is 296 g/mol. The molecule has 2 aromatic rings. The predicted octanol–water partition coefficient (Wildman–Crippen LogP) is 3.68. The van der Waals surface area contributed by atoms with Gasteiger partial charge in [-0.15, -0.1) is 11.8 Å². The molecule has 0 spiro atoms. The summed E-state index contributed by atoms with van der Waals surface area (Å²) in [6.45, 7) is 0.998. The summed E-state index contributed by atoms with van der Waals surface area (Å²) in [4.78, 5) is 13.0. The van der Waals surface area contributed by atoms with E-state index in [9.17, 15) is 4.79 Å². The summed E-state index contributed by atoms with van der Waals surface area (Å²) in [5, 5.41) is -0.132. The first-order chi connectivity index (χ1) is 10.8. The number of carbonyl (C=O) groups excluding carboxylic acids is 1. The molecule has 1 fully saturated rings. The fourth-order valence-corrected chi connectivity index (χ4v) is 3.47. The van der Waals surface area contributed by atoms with Crippen molar-refractivity contribution in [1.29, 1.82) is 0 Å². The lowest BCUT2D eigenvalue weighted by atomic mass is 10.2. The van der Waals surface area contributed by atoms with E-state index in [1.807, 2.05) is 60.7 Å². The Morgan fingerprint density at radius 2 is 1.73 bits per heavy atom. The molecule has 4 heteroatoms. The minimum absolute atomic E-state index is 0.132. The Morgan fingerprint density at radius 3 is 2.45 bits per heavy atom. The summed E-state index contributed by atoms with van der Waals surface area (Å²) < 4.78 is 11.1. The summed E-state index contributed by atoms with van der Waals surface area (Å²) in [6.07, 6.45) is 0.560. The van der Waals surface area contributed by atoms with E-state index in [0.29, 0.717) is 19.6 Å². The van der Waals surface area contributed by atoms with Crippen LogP contribution in [0.2, 0.25) is 0 Å². The van der Waals surface area contributed by atoms with E-state index in [2.05, 4.69) is 0 Å². The molecule has 1 unspecified atom stereocenters. The zero-order valence-corrected chi connectivity index (χ0v) is 13.0. The second-order valence-corrected chi connectivity index (χ2v) is 6.49. The van der Waals surface area contributed by atoms with Crippen molar-refractivity contribution in [2.75, 3.05) is 6.61 Å². The van der Waals surface area contributed by atoms with Crippen LogP contribution in [0.1, 0.15) is 12.0 Å². The molecule has 1 aliphatic heterocycles. The molecule has 114 valence electrons. The van der Waals surface area contributed by atoms with Crippen LogP contribution in [0, 0.1) is 0 Å². The summed E-state index contributed by atoms with van der Waals surface area (Å²) >= 11 is 1.56. The van der Waals surface area contributed by atoms with Gasteiger partial charge in [-0.05, 0) is 17.7 Å². The van der Waals surface area contributed by atoms with E-state index in [0.717, 1.165) is 10.5 Å². The van der Waals surface area contributed by atoms with Crippen LogP contribution in [0.15, 0.2) is 65.6 Å². The highest BCUT2D eigenvalue weighted by Crippen LogP contribution is 2.32. The highest BCUT2D eigenvalue weighted by atomic mass is 32.2. The van der Waals surface area contributed by atoms with Gasteiger partial charge in [0.05, 0.1) is 13.2 Å². The van der Waals surface area contributed by atoms with Crippen molar-refractivity contribution < 1.29 is 14.3 Å². The molecule has 1 heterocycles. The molecule has 0 radical (unpaired) electrons. The summed E-state index contributed by atoms with van der Waals surface area (Å²) in [5.74, 6) is -0.137. The monoisotopic (exact) mass is 314 g/mol. The molecule has 0 aliphatic carbocycles. The third-order valence-corrected chi connectivity index (χ3v) is 4.67. The number of benzene rings is 2. The van der Waals surface area contributed by atoms with Gasteiger partial charge >= 0.3 is 5.97 Å². The second-order valence-electron chi connectivity index (χ2n) is 5.21. The summed E-state index contributed by atoms with van der Waals surface area (Å²) in [7, 11) is 0. The van der Waals surface area contributed by atoms with Crippen LogP contribution < -0.4 is 0 Å². The minimum atomic E-state index is -0.141. The fraction of sp³-hybridized carbons (Fsp3) is 0.278. The number of cyclic esters (lactones) is 1. The second kappa shape index (κ2) is 7.47. The lowest BCUT2D eigenvalue weighted by Gasteiger charge is -2.09. The number of esters is 1. The third-order valence-electron chi connectivity index (χ3n) is 3.46. The minimum Gasteiger partial charge on any atom is -0.459 e. The van der Waals surface area contributed by atoms with E-state index in [1.165, 1.54) is 0 Å². The van der Waals surface area contributed by atoms with Crippen molar-refractivity contribution in [2.45, 2.75) is 29.3 Å². The Balaban J connectivity index is 1.45. The molecule has 3 rings (SSSR count). The topological polar surface area (TPSA) is 35.5 Å². The molecule has 0 bridgehead atoms. The number of rotatable bonds is 6. The first kappa shape index (κ1) is 15.1. The van der Waals surface area contributed by atoms with Crippen LogP contribution in [-0.4, -0.2) is 23.9 Å². The van der Waals surface area contributed by atoms with Gasteiger partial charge in [0, 0.05) is 11.3 Å². The number of hydrogen-bond donors (Lipinski definition) is 0. The van der Waals surface area contributed by atoms with Crippen LogP contribution in [-0.2, 0) is 20.9 Å². The van der Waals surface area contributed by atoms with Crippen molar-refractivity contribution in [3.05, 3.63) is 66.2 Å². The number of carbonyl (C=O) groups is 1. The zero-order chi connectivity index (χ0) is 15.2. The van der Waals surface area contributed by atoms with Gasteiger partial charge in [-0.1, -0.05) is 48.5 Å². The molecule has 0 amide bonds. The van der Waals surface area contributed by atoms with E-state index in [1.54, 1.807) is 11.8 Å². The maximum atomic E-state index is 11.9. The Hall–Kier alpha value is -1.78. The van der Waals surface area contributed by atoms with Crippen LogP contribution in [0.4, 0.5) is 0 Å². The number of hydrogen-bond acceptors (Lipinski definition) is 4. The highest BCUT2D eigenvalue weighted by molar-refractivity contribution is 8.00. The van der Waals surface area contributed by atoms with Crippen molar-refractivity contribution in [3.63, 3.8) is 0 Å². The molecule has 0 aromatic heterocycles. The maximum absolute atomic E-state index is 11.9. The van der Waals surface area contributed by atoms with Gasteiger partial charge in [-0.25, -0.2) is 0 Å². The maximum Gasteiger partial charge on any atom is 0.319 e. The van der Waals surface area contributed by atoms with Crippen molar-refractivity contribution in [3.8, 4) is 0 Å². The first-order valence-electron chi connectivity index (χ1n) is 7.35. The van der Waals surface area contributed by atoms with E-state index >= 15 is 0 Å². The van der Waals surface area contributed by atoms with Gasteiger partial charge in [0.15, 0.2) is 0 Å². The molecule has 2 atom stereocenters. The Morgan fingerprint density at radius 1 is 1.05 bits per heavy atom. The molecule has 1 saturated heterocycles. The average Bonchev–Trinajstić information content (AvgIpc) is 2.89. The smallest absolute Gasteiger partial charge is 0.319 e. The summed E-state index contributed by atoms with van der Waals surface area (Å²) in [6, 6.07) is 19.9. The third kappa shape index (κ3) is 4.12. The fourth-order valence-electron chi connectivity index (χ4n) is 2.37. The molecule has 3 nitrogen and oxygen atoms in total. The first-order valence-corrected chi connectivity index (χ1v) is 8.23. The van der Waals surface area contributed by atoms with E-state index in [-0.39, 0.29) is 17.3 Å².